The third kappa shape index (κ3) is 4.03. The van der Waals surface area contributed by atoms with Crippen LogP contribution in [0.2, 0.25) is 0 Å². The summed E-state index contributed by atoms with van der Waals surface area (Å²) >= 11 is 3.16. The van der Waals surface area contributed by atoms with Crippen LogP contribution in [0.25, 0.3) is 0 Å². The van der Waals surface area contributed by atoms with Crippen LogP contribution in [0.5, 0.6) is 0 Å². The summed E-state index contributed by atoms with van der Waals surface area (Å²) in [5, 5.41) is 2.52. The van der Waals surface area contributed by atoms with Gasteiger partial charge in [0.15, 0.2) is 0 Å². The predicted octanol–water partition coefficient (Wildman–Crippen LogP) is 3.55. The lowest BCUT2D eigenvalue weighted by Crippen LogP contribution is -2.36. The molecule has 0 atom stereocenters. The second kappa shape index (κ2) is 7.69. The summed E-state index contributed by atoms with van der Waals surface area (Å²) in [6.07, 6.45) is 1.83. The van der Waals surface area contributed by atoms with Crippen LogP contribution in [0, 0.1) is 5.82 Å². The molecule has 0 aliphatic carbocycles. The van der Waals surface area contributed by atoms with Crippen LogP contribution in [0.4, 0.5) is 10.1 Å². The van der Waals surface area contributed by atoms with E-state index >= 15 is 0 Å². The van der Waals surface area contributed by atoms with Gasteiger partial charge in [-0.15, -0.1) is 0 Å². The van der Waals surface area contributed by atoms with Gasteiger partial charge in [-0.2, -0.15) is 4.31 Å². The topological polar surface area (TPSA) is 66.5 Å². The summed E-state index contributed by atoms with van der Waals surface area (Å²) in [6, 6.07) is 12.5. The predicted molar refractivity (Wildman–Crippen MR) is 101 cm³/mol. The van der Waals surface area contributed by atoms with Gasteiger partial charge in [-0.3, -0.25) is 4.79 Å². The van der Waals surface area contributed by atoms with Crippen molar-refractivity contribution in [1.29, 1.82) is 0 Å². The number of sulfonamides is 1. The molecule has 1 aliphatic heterocycles. The molecule has 0 aromatic heterocycles. The van der Waals surface area contributed by atoms with Crippen LogP contribution in [-0.4, -0.2) is 31.7 Å². The number of anilines is 1. The number of rotatable bonds is 4. The molecule has 0 spiro atoms. The van der Waals surface area contributed by atoms with Gasteiger partial charge < -0.3 is 5.32 Å². The van der Waals surface area contributed by atoms with Gasteiger partial charge in [0.1, 0.15) is 5.82 Å². The number of nitrogens with one attached hydrogen (secondary N) is 1. The molecule has 3 rings (SSSR count). The molecule has 0 saturated carbocycles. The number of hydrogen-bond acceptors (Lipinski definition) is 3. The van der Waals surface area contributed by atoms with Gasteiger partial charge in [-0.05, 0) is 36.8 Å². The fourth-order valence-electron chi connectivity index (χ4n) is 2.61. The summed E-state index contributed by atoms with van der Waals surface area (Å²) in [7, 11) is -3.59. The highest BCUT2D eigenvalue weighted by molar-refractivity contribution is 9.10. The molecular formula is C18H16BrFN2O3S. The van der Waals surface area contributed by atoms with Crippen molar-refractivity contribution in [2.45, 2.75) is 11.3 Å². The van der Waals surface area contributed by atoms with Gasteiger partial charge in [0.25, 0.3) is 5.91 Å². The Morgan fingerprint density at radius 1 is 1.15 bits per heavy atom. The van der Waals surface area contributed by atoms with Gasteiger partial charge >= 0.3 is 0 Å². The van der Waals surface area contributed by atoms with Crippen molar-refractivity contribution >= 4 is 37.5 Å². The zero-order chi connectivity index (χ0) is 18.7. The molecule has 0 bridgehead atoms. The van der Waals surface area contributed by atoms with E-state index in [1.807, 2.05) is 0 Å². The average Bonchev–Trinajstić information content (AvgIpc) is 2.65. The molecule has 2 aromatic carbocycles. The maximum absolute atomic E-state index is 13.8. The lowest BCUT2D eigenvalue weighted by molar-refractivity contribution is -0.113. The van der Waals surface area contributed by atoms with Gasteiger partial charge in [0.05, 0.1) is 10.6 Å². The van der Waals surface area contributed by atoms with Crippen LogP contribution in [-0.2, 0) is 14.8 Å². The molecular weight excluding hydrogens is 423 g/mol. The van der Waals surface area contributed by atoms with Crippen LogP contribution in [0.15, 0.2) is 69.5 Å². The first-order valence-corrected chi connectivity index (χ1v) is 10.1. The Bertz CT molecular complexity index is 962. The van der Waals surface area contributed by atoms with Crippen molar-refractivity contribution in [2.24, 2.45) is 0 Å². The third-order valence-corrected chi connectivity index (χ3v) is 6.40. The minimum atomic E-state index is -3.59. The third-order valence-electron chi connectivity index (χ3n) is 4.02. The Balaban J connectivity index is 1.70. The maximum atomic E-state index is 13.8. The summed E-state index contributed by atoms with van der Waals surface area (Å²) in [4.78, 5) is 12.5. The van der Waals surface area contributed by atoms with Crippen LogP contribution >= 0.6 is 15.9 Å². The van der Waals surface area contributed by atoms with Gasteiger partial charge in [0.2, 0.25) is 10.0 Å². The van der Waals surface area contributed by atoms with Gasteiger partial charge in [-0.1, -0.05) is 40.2 Å². The number of nitrogens with zero attached hydrogens (tertiary/aromatic N) is 1. The van der Waals surface area contributed by atoms with E-state index in [2.05, 4.69) is 21.2 Å². The second-order valence-electron chi connectivity index (χ2n) is 5.73. The second-order valence-corrected chi connectivity index (χ2v) is 8.59. The van der Waals surface area contributed by atoms with Crippen LogP contribution < -0.4 is 5.32 Å². The fraction of sp³-hybridized carbons (Fsp3) is 0.167. The monoisotopic (exact) mass is 438 g/mol. The molecule has 0 fully saturated rings. The summed E-state index contributed by atoms with van der Waals surface area (Å²) in [5.74, 6) is -0.972. The smallest absolute Gasteiger partial charge is 0.251 e. The maximum Gasteiger partial charge on any atom is 0.251 e. The highest BCUT2D eigenvalue weighted by Gasteiger charge is 2.27. The molecule has 26 heavy (non-hydrogen) atoms. The minimum Gasteiger partial charge on any atom is -0.320 e. The minimum absolute atomic E-state index is 0.0819. The molecule has 1 amide bonds. The number of carbonyl (C=O) groups excluding carboxylic acids is 1. The van der Waals surface area contributed by atoms with E-state index in [1.54, 1.807) is 30.3 Å². The number of benzene rings is 2. The zero-order valence-electron chi connectivity index (χ0n) is 13.7. The van der Waals surface area contributed by atoms with Crippen molar-refractivity contribution in [2.75, 3.05) is 18.4 Å². The summed E-state index contributed by atoms with van der Waals surface area (Å²) in [5.41, 5.74) is 0.519. The van der Waals surface area contributed by atoms with E-state index in [0.717, 1.165) is 0 Å². The highest BCUT2D eigenvalue weighted by Crippen LogP contribution is 2.23. The molecule has 0 saturated heterocycles. The number of hydrogen-bond donors (Lipinski definition) is 1. The highest BCUT2D eigenvalue weighted by atomic mass is 79.9. The first-order chi connectivity index (χ1) is 12.4. The lowest BCUT2D eigenvalue weighted by Gasteiger charge is -2.25. The summed E-state index contributed by atoms with van der Waals surface area (Å²) in [6.45, 7) is 0.294. The SMILES string of the molecule is O=C(Nc1ccc(Br)cc1F)C1=CCN(S(=O)(=O)c2ccccc2)CC1. The van der Waals surface area contributed by atoms with Crippen molar-refractivity contribution in [1.82, 2.24) is 4.31 Å². The van der Waals surface area contributed by atoms with Gasteiger partial charge in [-0.25, -0.2) is 12.8 Å². The lowest BCUT2D eigenvalue weighted by atomic mass is 10.1. The molecule has 0 unspecified atom stereocenters. The molecule has 1 aliphatic rings. The standard InChI is InChI=1S/C18H16BrFN2O3S/c19-14-6-7-17(16(20)12-14)21-18(23)13-8-10-22(11-9-13)26(24,25)15-4-2-1-3-5-15/h1-8,12H,9-11H2,(H,21,23). The molecule has 1 N–H and O–H groups in total. The quantitative estimate of drug-likeness (QED) is 0.793. The van der Waals surface area contributed by atoms with Crippen LogP contribution in [0.1, 0.15) is 6.42 Å². The van der Waals surface area contributed by atoms with E-state index in [1.165, 1.54) is 28.6 Å². The van der Waals surface area contributed by atoms with Crippen LogP contribution in [0.3, 0.4) is 0 Å². The van der Waals surface area contributed by atoms with Gasteiger partial charge in [0, 0.05) is 23.1 Å². The van der Waals surface area contributed by atoms with E-state index in [0.29, 0.717) is 10.0 Å². The Morgan fingerprint density at radius 3 is 2.50 bits per heavy atom. The van der Waals surface area contributed by atoms with Crippen molar-refractivity contribution in [3.8, 4) is 0 Å². The Hall–Kier alpha value is -2.03. The Labute approximate surface area is 159 Å². The molecule has 136 valence electrons. The Kier molecular flexibility index (Phi) is 5.55. The van der Waals surface area contributed by atoms with E-state index in [-0.39, 0.29) is 30.1 Å². The number of carbonyl (C=O) groups is 1. The zero-order valence-corrected chi connectivity index (χ0v) is 16.1. The first kappa shape index (κ1) is 18.8. The Morgan fingerprint density at radius 2 is 1.88 bits per heavy atom. The van der Waals surface area contributed by atoms with E-state index < -0.39 is 21.7 Å². The molecule has 1 heterocycles. The fourth-order valence-corrected chi connectivity index (χ4v) is 4.34. The number of halogens is 2. The normalized spacial score (nSPS) is 15.4. The van der Waals surface area contributed by atoms with Crippen molar-refractivity contribution < 1.29 is 17.6 Å². The van der Waals surface area contributed by atoms with Crippen molar-refractivity contribution in [3.05, 3.63) is 70.5 Å². The molecule has 2 aromatic rings. The first-order valence-electron chi connectivity index (χ1n) is 7.88. The molecule has 8 heteroatoms. The molecule has 5 nitrogen and oxygen atoms in total. The summed E-state index contributed by atoms with van der Waals surface area (Å²) < 4.78 is 40.9. The van der Waals surface area contributed by atoms with E-state index in [4.69, 9.17) is 0 Å². The molecule has 0 radical (unpaired) electrons. The van der Waals surface area contributed by atoms with Crippen molar-refractivity contribution in [3.63, 3.8) is 0 Å². The number of amides is 1. The largest absolute Gasteiger partial charge is 0.320 e. The average molecular weight is 439 g/mol. The van der Waals surface area contributed by atoms with E-state index in [9.17, 15) is 17.6 Å².